The van der Waals surface area contributed by atoms with Crippen LogP contribution in [0.5, 0.6) is 0 Å². The van der Waals surface area contributed by atoms with Crippen LogP contribution in [0.2, 0.25) is 0 Å². The van der Waals surface area contributed by atoms with Gasteiger partial charge < -0.3 is 14.8 Å². The van der Waals surface area contributed by atoms with E-state index in [-0.39, 0.29) is 18.6 Å². The first-order valence-corrected chi connectivity index (χ1v) is 10.2. The third-order valence-corrected chi connectivity index (χ3v) is 5.34. The topological polar surface area (TPSA) is 69.6 Å². The molecule has 0 radical (unpaired) electrons. The molecule has 1 aliphatic rings. The number of ether oxygens (including phenoxy) is 2. The summed E-state index contributed by atoms with van der Waals surface area (Å²) < 4.78 is 12.9. The Kier molecular flexibility index (Phi) is 5.02. The summed E-state index contributed by atoms with van der Waals surface area (Å²) in [6, 6.07) is 13.3. The van der Waals surface area contributed by atoms with Gasteiger partial charge in [0, 0.05) is 22.3 Å². The fourth-order valence-electron chi connectivity index (χ4n) is 3.25. The van der Waals surface area contributed by atoms with Gasteiger partial charge in [-0.3, -0.25) is 9.36 Å². The summed E-state index contributed by atoms with van der Waals surface area (Å²) in [6.07, 6.45) is 0.894. The predicted octanol–water partition coefficient (Wildman–Crippen LogP) is 5.06. The second kappa shape index (κ2) is 7.50. The van der Waals surface area contributed by atoms with Gasteiger partial charge >= 0.3 is 6.09 Å². The Morgan fingerprint density at radius 2 is 2.07 bits per heavy atom. The number of nitrogens with zero attached hydrogens (tertiary/aromatic N) is 1. The highest BCUT2D eigenvalue weighted by molar-refractivity contribution is 7.10. The number of carbonyl (C=O) groups excluding carboxylic acids is 2. The highest BCUT2D eigenvalue weighted by Crippen LogP contribution is 2.38. The third kappa shape index (κ3) is 4.11. The molecular formula is C22H22N2O4S. The largest absolute Gasteiger partial charge is 0.443 e. The summed E-state index contributed by atoms with van der Waals surface area (Å²) in [5.74, 6) is -0.185. The van der Waals surface area contributed by atoms with E-state index in [4.69, 9.17) is 9.47 Å². The molecule has 150 valence electrons. The lowest BCUT2D eigenvalue weighted by atomic mass is 10.0. The molecule has 1 N–H and O–H groups in total. The lowest BCUT2D eigenvalue weighted by Crippen LogP contribution is -2.27. The van der Waals surface area contributed by atoms with Gasteiger partial charge in [-0.15, -0.1) is 11.3 Å². The van der Waals surface area contributed by atoms with Gasteiger partial charge in [0.2, 0.25) is 5.91 Å². The minimum atomic E-state index is -0.589. The summed E-state index contributed by atoms with van der Waals surface area (Å²) in [4.78, 5) is 25.7. The minimum Gasteiger partial charge on any atom is -0.443 e. The molecule has 0 saturated heterocycles. The van der Waals surface area contributed by atoms with Crippen molar-refractivity contribution in [1.82, 2.24) is 4.57 Å². The van der Waals surface area contributed by atoms with Crippen LogP contribution in [-0.4, -0.2) is 28.8 Å². The quantitative estimate of drug-likeness (QED) is 0.641. The van der Waals surface area contributed by atoms with Crippen molar-refractivity contribution in [3.8, 4) is 11.3 Å². The molecule has 29 heavy (non-hydrogen) atoms. The maximum Gasteiger partial charge on any atom is 0.418 e. The van der Waals surface area contributed by atoms with Gasteiger partial charge in [-0.25, -0.2) is 4.79 Å². The van der Waals surface area contributed by atoms with E-state index in [1.807, 2.05) is 62.5 Å². The Morgan fingerprint density at radius 3 is 2.79 bits per heavy atom. The van der Waals surface area contributed by atoms with Crippen LogP contribution < -0.4 is 5.32 Å². The zero-order valence-electron chi connectivity index (χ0n) is 16.5. The molecule has 7 heteroatoms. The number of fused-ring (bicyclic) bond motifs is 1. The smallest absolute Gasteiger partial charge is 0.418 e. The summed E-state index contributed by atoms with van der Waals surface area (Å²) in [5.41, 5.74) is 2.52. The minimum absolute atomic E-state index is 0.0130. The molecule has 1 aromatic carbocycles. The maximum atomic E-state index is 12.6. The molecule has 3 aromatic rings. The molecule has 0 saturated carbocycles. The van der Waals surface area contributed by atoms with Crippen molar-refractivity contribution in [1.29, 1.82) is 0 Å². The highest BCUT2D eigenvalue weighted by Gasteiger charge is 2.26. The van der Waals surface area contributed by atoms with Crippen LogP contribution in [0.4, 0.5) is 10.5 Å². The maximum absolute atomic E-state index is 12.6. The van der Waals surface area contributed by atoms with Gasteiger partial charge in [0.25, 0.3) is 0 Å². The number of benzene rings is 1. The Hall–Kier alpha value is -2.90. The SMILES string of the molecule is CC(C)(C)OC(=O)n1cccc1-c1ccc2c(c1)C(c1cccs1)OCC(=O)N2. The Labute approximate surface area is 173 Å². The summed E-state index contributed by atoms with van der Waals surface area (Å²) in [5, 5.41) is 4.88. The van der Waals surface area contributed by atoms with E-state index in [0.29, 0.717) is 11.4 Å². The molecule has 1 aliphatic heterocycles. The number of hydrogen-bond acceptors (Lipinski definition) is 5. The van der Waals surface area contributed by atoms with Crippen molar-refractivity contribution in [2.45, 2.75) is 32.5 Å². The van der Waals surface area contributed by atoms with Gasteiger partial charge in [-0.2, -0.15) is 0 Å². The molecule has 0 bridgehead atoms. The van der Waals surface area contributed by atoms with Crippen molar-refractivity contribution in [2.75, 3.05) is 11.9 Å². The van der Waals surface area contributed by atoms with Crippen molar-refractivity contribution >= 4 is 29.0 Å². The summed E-state index contributed by atoms with van der Waals surface area (Å²) >= 11 is 1.58. The first kappa shape index (κ1) is 19.4. The van der Waals surface area contributed by atoms with E-state index in [0.717, 1.165) is 16.0 Å². The number of nitrogens with one attached hydrogen (secondary N) is 1. The summed E-state index contributed by atoms with van der Waals surface area (Å²) in [6.45, 7) is 5.49. The lowest BCUT2D eigenvalue weighted by molar-refractivity contribution is -0.121. The van der Waals surface area contributed by atoms with Crippen LogP contribution in [0.15, 0.2) is 54.0 Å². The van der Waals surface area contributed by atoms with Gasteiger partial charge in [-0.1, -0.05) is 12.1 Å². The van der Waals surface area contributed by atoms with Crippen LogP contribution in [0.1, 0.15) is 37.3 Å². The zero-order chi connectivity index (χ0) is 20.6. The number of rotatable bonds is 2. The average Bonchev–Trinajstić information content (AvgIpc) is 3.31. The highest BCUT2D eigenvalue weighted by atomic mass is 32.1. The lowest BCUT2D eigenvalue weighted by Gasteiger charge is -2.21. The number of anilines is 1. The van der Waals surface area contributed by atoms with Crippen LogP contribution in [0.25, 0.3) is 11.3 Å². The second-order valence-electron chi connectivity index (χ2n) is 7.80. The van der Waals surface area contributed by atoms with Crippen molar-refractivity contribution < 1.29 is 19.1 Å². The molecule has 3 heterocycles. The predicted molar refractivity (Wildman–Crippen MR) is 112 cm³/mol. The fourth-order valence-corrected chi connectivity index (χ4v) is 4.04. The Bertz CT molecular complexity index is 1050. The van der Waals surface area contributed by atoms with Crippen molar-refractivity contribution in [2.24, 2.45) is 0 Å². The number of hydrogen-bond donors (Lipinski definition) is 1. The molecule has 1 unspecified atom stereocenters. The second-order valence-corrected chi connectivity index (χ2v) is 8.78. The monoisotopic (exact) mass is 410 g/mol. The molecule has 6 nitrogen and oxygen atoms in total. The number of carbonyl (C=O) groups is 2. The van der Waals surface area contributed by atoms with Crippen LogP contribution in [-0.2, 0) is 14.3 Å². The van der Waals surface area contributed by atoms with Gasteiger partial charge in [0.05, 0.1) is 5.69 Å². The fraction of sp³-hybridized carbons (Fsp3) is 0.273. The molecule has 0 spiro atoms. The van der Waals surface area contributed by atoms with E-state index in [1.54, 1.807) is 23.6 Å². The molecule has 2 aromatic heterocycles. The number of amides is 1. The Balaban J connectivity index is 1.76. The summed E-state index contributed by atoms with van der Waals surface area (Å²) in [7, 11) is 0. The molecular weight excluding hydrogens is 388 g/mol. The van der Waals surface area contributed by atoms with E-state index >= 15 is 0 Å². The zero-order valence-corrected chi connectivity index (χ0v) is 17.3. The molecule has 4 rings (SSSR count). The molecule has 0 fully saturated rings. The number of thiophene rings is 1. The van der Waals surface area contributed by atoms with Crippen LogP contribution >= 0.6 is 11.3 Å². The van der Waals surface area contributed by atoms with E-state index in [2.05, 4.69) is 5.32 Å². The first-order valence-electron chi connectivity index (χ1n) is 9.32. The van der Waals surface area contributed by atoms with Crippen LogP contribution in [0, 0.1) is 0 Å². The van der Waals surface area contributed by atoms with Crippen LogP contribution in [0.3, 0.4) is 0 Å². The van der Waals surface area contributed by atoms with E-state index in [9.17, 15) is 9.59 Å². The van der Waals surface area contributed by atoms with E-state index < -0.39 is 11.7 Å². The Morgan fingerprint density at radius 1 is 1.24 bits per heavy atom. The third-order valence-electron chi connectivity index (χ3n) is 4.43. The van der Waals surface area contributed by atoms with Gasteiger partial charge in [0.1, 0.15) is 18.3 Å². The molecule has 0 aliphatic carbocycles. The van der Waals surface area contributed by atoms with E-state index in [1.165, 1.54) is 4.57 Å². The standard InChI is InChI=1S/C22H22N2O4S/c1-22(2,3)28-21(26)24-10-4-6-17(24)14-8-9-16-15(12-14)20(18-7-5-11-29-18)27-13-19(25)23-16/h4-12,20H,13H2,1-3H3,(H,23,25). The number of aromatic nitrogens is 1. The van der Waals surface area contributed by atoms with Gasteiger partial charge in [-0.05, 0) is 62.0 Å². The first-order chi connectivity index (χ1) is 13.8. The van der Waals surface area contributed by atoms with Crippen molar-refractivity contribution in [3.63, 3.8) is 0 Å². The normalized spacial score (nSPS) is 16.7. The van der Waals surface area contributed by atoms with Crippen molar-refractivity contribution in [3.05, 3.63) is 64.5 Å². The molecule has 1 atom stereocenters. The molecule has 1 amide bonds. The van der Waals surface area contributed by atoms with Gasteiger partial charge in [0.15, 0.2) is 0 Å². The average molecular weight is 410 g/mol.